The third-order valence-corrected chi connectivity index (χ3v) is 5.38. The van der Waals surface area contributed by atoms with Crippen LogP contribution in [0.5, 0.6) is 11.6 Å². The maximum Gasteiger partial charge on any atom is 0.387 e. The minimum absolute atomic E-state index is 0.0366. The molecule has 1 N–H and O–H groups in total. The predicted molar refractivity (Wildman–Crippen MR) is 88.3 cm³/mol. The molecule has 1 atom stereocenters. The Kier molecular flexibility index (Phi) is 4.26. The van der Waals surface area contributed by atoms with Crippen LogP contribution < -0.4 is 4.74 Å². The Morgan fingerprint density at radius 3 is 2.76 bits per heavy atom. The number of hydrogen-bond donors (Lipinski definition) is 1. The molecule has 0 saturated carbocycles. The molecule has 9 heteroatoms. The molecule has 3 heterocycles. The van der Waals surface area contributed by atoms with Crippen LogP contribution in [0.3, 0.4) is 0 Å². The van der Waals surface area contributed by atoms with Crippen LogP contribution in [0.25, 0.3) is 4.96 Å². The molecular formula is C16H16F2N4O2S. The van der Waals surface area contributed by atoms with Gasteiger partial charge in [-0.25, -0.2) is 4.98 Å². The summed E-state index contributed by atoms with van der Waals surface area (Å²) in [6.07, 6.45) is 3.51. The highest BCUT2D eigenvalue weighted by atomic mass is 32.1. The molecule has 3 aromatic rings. The fourth-order valence-electron chi connectivity index (χ4n) is 3.26. The first-order valence-electron chi connectivity index (χ1n) is 7.93. The van der Waals surface area contributed by atoms with Crippen molar-refractivity contribution in [1.29, 1.82) is 0 Å². The fourth-order valence-corrected chi connectivity index (χ4v) is 4.35. The molecule has 6 nitrogen and oxygen atoms in total. The largest absolute Gasteiger partial charge is 0.492 e. The first-order chi connectivity index (χ1) is 12.1. The van der Waals surface area contributed by atoms with E-state index in [1.165, 1.54) is 28.2 Å². The summed E-state index contributed by atoms with van der Waals surface area (Å²) in [5, 5.41) is 14.6. The van der Waals surface area contributed by atoms with Crippen LogP contribution >= 0.6 is 11.3 Å². The Morgan fingerprint density at radius 1 is 1.24 bits per heavy atom. The van der Waals surface area contributed by atoms with Gasteiger partial charge in [0.1, 0.15) is 12.1 Å². The summed E-state index contributed by atoms with van der Waals surface area (Å²) >= 11 is 1.35. The summed E-state index contributed by atoms with van der Waals surface area (Å²) in [4.78, 5) is 7.65. The third kappa shape index (κ3) is 3.05. The van der Waals surface area contributed by atoms with Gasteiger partial charge >= 0.3 is 6.61 Å². The quantitative estimate of drug-likeness (QED) is 0.751. The zero-order chi connectivity index (χ0) is 17.4. The van der Waals surface area contributed by atoms with Crippen molar-refractivity contribution in [2.45, 2.75) is 25.5 Å². The number of ether oxygens (including phenoxy) is 1. The van der Waals surface area contributed by atoms with Crippen LogP contribution in [-0.2, 0) is 0 Å². The van der Waals surface area contributed by atoms with Crippen LogP contribution in [0.4, 0.5) is 8.78 Å². The van der Waals surface area contributed by atoms with Crippen molar-refractivity contribution in [3.05, 3.63) is 41.0 Å². The maximum atomic E-state index is 12.5. The van der Waals surface area contributed by atoms with Gasteiger partial charge in [0.25, 0.3) is 0 Å². The van der Waals surface area contributed by atoms with Gasteiger partial charge in [-0.1, -0.05) is 23.5 Å². The zero-order valence-corrected chi connectivity index (χ0v) is 14.0. The first-order valence-corrected chi connectivity index (χ1v) is 8.75. The van der Waals surface area contributed by atoms with E-state index < -0.39 is 6.61 Å². The van der Waals surface area contributed by atoms with E-state index in [0.717, 1.165) is 31.5 Å². The van der Waals surface area contributed by atoms with Crippen molar-refractivity contribution in [3.63, 3.8) is 0 Å². The number of benzene rings is 1. The molecule has 1 aromatic carbocycles. The lowest BCUT2D eigenvalue weighted by atomic mass is 10.0. The van der Waals surface area contributed by atoms with Crippen molar-refractivity contribution in [2.24, 2.45) is 0 Å². The van der Waals surface area contributed by atoms with E-state index in [4.69, 9.17) is 0 Å². The molecule has 1 fully saturated rings. The average molecular weight is 366 g/mol. The van der Waals surface area contributed by atoms with E-state index >= 15 is 0 Å². The van der Waals surface area contributed by atoms with Crippen molar-refractivity contribution in [2.75, 3.05) is 13.1 Å². The highest BCUT2D eigenvalue weighted by molar-refractivity contribution is 7.17. The molecule has 4 rings (SSSR count). The van der Waals surface area contributed by atoms with Crippen LogP contribution in [0.2, 0.25) is 0 Å². The lowest BCUT2D eigenvalue weighted by Crippen LogP contribution is -2.26. The average Bonchev–Trinajstić information content (AvgIpc) is 3.29. The van der Waals surface area contributed by atoms with E-state index in [2.05, 4.69) is 19.7 Å². The molecule has 1 aliphatic rings. The Labute approximate surface area is 146 Å². The first kappa shape index (κ1) is 16.2. The highest BCUT2D eigenvalue weighted by Gasteiger charge is 2.31. The molecule has 25 heavy (non-hydrogen) atoms. The number of rotatable bonds is 5. The standard InChI is InChI=1S/C16H16F2N4O2S/c17-15(18)24-11-5-3-4-10(8-11)12(21-6-1-2-7-21)13-14(23)22-16(25-13)19-9-20-22/h3-5,8-9,12,15,23H,1-2,6-7H2/t12-/m1/s1. The van der Waals surface area contributed by atoms with Crippen LogP contribution in [0.15, 0.2) is 30.6 Å². The minimum atomic E-state index is -2.87. The molecule has 0 bridgehead atoms. The predicted octanol–water partition coefficient (Wildman–Crippen LogP) is 3.28. The van der Waals surface area contributed by atoms with Crippen LogP contribution in [0, 0.1) is 0 Å². The third-order valence-electron chi connectivity index (χ3n) is 4.29. The molecule has 1 aliphatic heterocycles. The Balaban J connectivity index is 1.78. The summed E-state index contributed by atoms with van der Waals surface area (Å²) in [7, 11) is 0. The van der Waals surface area contributed by atoms with Crippen LogP contribution in [-0.4, -0.2) is 44.3 Å². The molecule has 0 radical (unpaired) electrons. The molecule has 0 unspecified atom stereocenters. The maximum absolute atomic E-state index is 12.5. The summed E-state index contributed by atoms with van der Waals surface area (Å²) in [5.74, 6) is 0.144. The molecule has 0 aliphatic carbocycles. The second kappa shape index (κ2) is 6.57. The molecule has 1 saturated heterocycles. The highest BCUT2D eigenvalue weighted by Crippen LogP contribution is 2.41. The number of thiazole rings is 1. The summed E-state index contributed by atoms with van der Waals surface area (Å²) in [6, 6.07) is 6.39. The SMILES string of the molecule is Oc1c([C@@H](c2cccc(OC(F)F)c2)N2CCCC2)sc2ncnn12. The minimum Gasteiger partial charge on any atom is -0.492 e. The van der Waals surface area contributed by atoms with Crippen molar-refractivity contribution < 1.29 is 18.6 Å². The number of likely N-dealkylation sites (tertiary alicyclic amines) is 1. The molecule has 0 spiro atoms. The fraction of sp³-hybridized carbons (Fsp3) is 0.375. The van der Waals surface area contributed by atoms with E-state index in [0.29, 0.717) is 9.84 Å². The van der Waals surface area contributed by atoms with Gasteiger partial charge in [0.2, 0.25) is 10.8 Å². The number of fused-ring (bicyclic) bond motifs is 1. The van der Waals surface area contributed by atoms with Crippen molar-refractivity contribution in [3.8, 4) is 11.6 Å². The van der Waals surface area contributed by atoms with E-state index in [1.54, 1.807) is 12.1 Å². The van der Waals surface area contributed by atoms with Crippen molar-refractivity contribution in [1.82, 2.24) is 19.5 Å². The Bertz CT molecular complexity index is 876. The van der Waals surface area contributed by atoms with Gasteiger partial charge in [0.15, 0.2) is 0 Å². The zero-order valence-electron chi connectivity index (χ0n) is 13.2. The molecule has 2 aromatic heterocycles. The van der Waals surface area contributed by atoms with Crippen LogP contribution in [0.1, 0.15) is 29.3 Å². The van der Waals surface area contributed by atoms with Gasteiger partial charge in [0, 0.05) is 0 Å². The molecular weight excluding hydrogens is 350 g/mol. The van der Waals surface area contributed by atoms with Gasteiger partial charge < -0.3 is 9.84 Å². The van der Waals surface area contributed by atoms with E-state index in [1.807, 2.05) is 6.07 Å². The van der Waals surface area contributed by atoms with Gasteiger partial charge in [-0.05, 0) is 43.6 Å². The second-order valence-electron chi connectivity index (χ2n) is 5.84. The number of alkyl halides is 2. The van der Waals surface area contributed by atoms with E-state index in [9.17, 15) is 13.9 Å². The normalized spacial score (nSPS) is 16.8. The second-order valence-corrected chi connectivity index (χ2v) is 6.85. The smallest absolute Gasteiger partial charge is 0.387 e. The molecule has 132 valence electrons. The number of halogens is 2. The summed E-state index contributed by atoms with van der Waals surface area (Å²) in [6.45, 7) is -1.13. The number of nitrogens with zero attached hydrogens (tertiary/aromatic N) is 4. The number of hydrogen-bond acceptors (Lipinski definition) is 6. The van der Waals surface area contributed by atoms with Gasteiger partial charge in [-0.2, -0.15) is 18.4 Å². The Hall–Kier alpha value is -2.26. The monoisotopic (exact) mass is 366 g/mol. The lowest BCUT2D eigenvalue weighted by molar-refractivity contribution is -0.0499. The van der Waals surface area contributed by atoms with Crippen molar-refractivity contribution >= 4 is 16.3 Å². The Morgan fingerprint density at radius 2 is 2.04 bits per heavy atom. The summed E-state index contributed by atoms with van der Waals surface area (Å²) < 4.78 is 31.0. The molecule has 0 amide bonds. The number of aromatic nitrogens is 3. The number of aromatic hydroxyl groups is 1. The van der Waals surface area contributed by atoms with Gasteiger partial charge in [-0.15, -0.1) is 0 Å². The van der Waals surface area contributed by atoms with Gasteiger partial charge in [-0.3, -0.25) is 4.90 Å². The summed E-state index contributed by atoms with van der Waals surface area (Å²) in [5.41, 5.74) is 0.792. The topological polar surface area (TPSA) is 62.9 Å². The van der Waals surface area contributed by atoms with E-state index in [-0.39, 0.29) is 17.7 Å². The van der Waals surface area contributed by atoms with Gasteiger partial charge in [0.05, 0.1) is 10.9 Å². The lowest BCUT2D eigenvalue weighted by Gasteiger charge is -2.27.